The van der Waals surface area contributed by atoms with E-state index in [1.807, 2.05) is 36.4 Å². The Hall–Kier alpha value is -2.73. The lowest BCUT2D eigenvalue weighted by atomic mass is 10.1. The van der Waals surface area contributed by atoms with Gasteiger partial charge in [-0.15, -0.1) is 0 Å². The summed E-state index contributed by atoms with van der Waals surface area (Å²) in [7, 11) is 3.38. The minimum Gasteiger partial charge on any atom is -0.497 e. The van der Waals surface area contributed by atoms with E-state index in [0.717, 1.165) is 36.5 Å². The molecule has 2 aromatic carbocycles. The minimum absolute atomic E-state index is 0.443. The van der Waals surface area contributed by atoms with Crippen LogP contribution in [0.3, 0.4) is 0 Å². The van der Waals surface area contributed by atoms with Gasteiger partial charge in [0.25, 0.3) is 0 Å². The highest BCUT2D eigenvalue weighted by molar-refractivity contribution is 5.92. The van der Waals surface area contributed by atoms with Crippen LogP contribution in [0.2, 0.25) is 0 Å². The second-order valence-electron chi connectivity index (χ2n) is 6.74. The zero-order chi connectivity index (χ0) is 19.1. The molecule has 1 fully saturated rings. The molecule has 0 aromatic heterocycles. The van der Waals surface area contributed by atoms with Crippen LogP contribution in [0, 0.1) is 5.92 Å². The number of nitrogens with two attached hydrogens (primary N) is 1. The maximum atomic E-state index is 6.10. The van der Waals surface area contributed by atoms with E-state index in [1.165, 1.54) is 5.69 Å². The van der Waals surface area contributed by atoms with Gasteiger partial charge in [-0.3, -0.25) is 4.99 Å². The first-order valence-corrected chi connectivity index (χ1v) is 9.22. The van der Waals surface area contributed by atoms with E-state index >= 15 is 0 Å². The van der Waals surface area contributed by atoms with Gasteiger partial charge in [0.1, 0.15) is 5.75 Å². The predicted molar refractivity (Wildman–Crippen MR) is 111 cm³/mol. The number of anilines is 2. The van der Waals surface area contributed by atoms with Crippen molar-refractivity contribution in [1.29, 1.82) is 0 Å². The average molecular weight is 368 g/mol. The van der Waals surface area contributed by atoms with E-state index in [9.17, 15) is 0 Å². The third-order valence-corrected chi connectivity index (χ3v) is 4.80. The lowest BCUT2D eigenvalue weighted by Crippen LogP contribution is -2.25. The Kier molecular flexibility index (Phi) is 6.54. The normalized spacial score (nSPS) is 17.2. The highest BCUT2D eigenvalue weighted by Crippen LogP contribution is 2.27. The number of methoxy groups -OCH3 is 2. The van der Waals surface area contributed by atoms with Crippen LogP contribution in [0.15, 0.2) is 53.5 Å². The van der Waals surface area contributed by atoms with Gasteiger partial charge in [-0.2, -0.15) is 0 Å². The van der Waals surface area contributed by atoms with Crippen molar-refractivity contribution in [3.63, 3.8) is 0 Å². The van der Waals surface area contributed by atoms with Crippen molar-refractivity contribution in [3.05, 3.63) is 54.1 Å². The fourth-order valence-corrected chi connectivity index (χ4v) is 3.35. The van der Waals surface area contributed by atoms with Gasteiger partial charge in [-0.1, -0.05) is 24.3 Å². The molecule has 6 heteroatoms. The molecule has 0 aliphatic carbocycles. The number of nitrogens with zero attached hydrogens (tertiary/aromatic N) is 2. The van der Waals surface area contributed by atoms with Crippen molar-refractivity contribution in [3.8, 4) is 5.75 Å². The van der Waals surface area contributed by atoms with Crippen LogP contribution < -0.4 is 20.7 Å². The Labute approximate surface area is 161 Å². The zero-order valence-electron chi connectivity index (χ0n) is 16.0. The number of para-hydroxylation sites is 1. The van der Waals surface area contributed by atoms with Gasteiger partial charge in [0.05, 0.1) is 13.7 Å². The van der Waals surface area contributed by atoms with Crippen molar-refractivity contribution in [2.75, 3.05) is 44.1 Å². The number of rotatable bonds is 7. The third-order valence-electron chi connectivity index (χ3n) is 4.80. The fraction of sp³-hybridized carbons (Fsp3) is 0.381. The van der Waals surface area contributed by atoms with E-state index in [4.69, 9.17) is 15.2 Å². The lowest BCUT2D eigenvalue weighted by molar-refractivity contribution is 0.185. The van der Waals surface area contributed by atoms with Crippen LogP contribution in [0.25, 0.3) is 0 Å². The van der Waals surface area contributed by atoms with E-state index in [-0.39, 0.29) is 0 Å². The van der Waals surface area contributed by atoms with Crippen LogP contribution in [0.1, 0.15) is 12.0 Å². The van der Waals surface area contributed by atoms with Crippen LogP contribution >= 0.6 is 0 Å². The van der Waals surface area contributed by atoms with Gasteiger partial charge >= 0.3 is 0 Å². The molecule has 1 aliphatic rings. The van der Waals surface area contributed by atoms with Crippen molar-refractivity contribution >= 4 is 17.3 Å². The first-order valence-electron chi connectivity index (χ1n) is 9.22. The summed E-state index contributed by atoms with van der Waals surface area (Å²) in [5.74, 6) is 1.82. The maximum absolute atomic E-state index is 6.10. The molecule has 3 rings (SSSR count). The molecule has 3 N–H and O–H groups in total. The average Bonchev–Trinajstić information content (AvgIpc) is 3.17. The van der Waals surface area contributed by atoms with E-state index in [2.05, 4.69) is 27.3 Å². The molecule has 2 aromatic rings. The SMILES string of the molecule is COCc1ccccc1NC(N)=NCC1CCN(c2cccc(OC)c2)C1. The zero-order valence-corrected chi connectivity index (χ0v) is 16.0. The molecule has 0 bridgehead atoms. The molecule has 144 valence electrons. The fourth-order valence-electron chi connectivity index (χ4n) is 3.35. The molecule has 0 spiro atoms. The summed E-state index contributed by atoms with van der Waals surface area (Å²) in [4.78, 5) is 6.93. The molecule has 0 radical (unpaired) electrons. The van der Waals surface area contributed by atoms with Crippen LogP contribution in [0.4, 0.5) is 11.4 Å². The quantitative estimate of drug-likeness (QED) is 0.580. The summed E-state index contributed by atoms with van der Waals surface area (Å²) in [5.41, 5.74) is 9.29. The largest absolute Gasteiger partial charge is 0.497 e. The van der Waals surface area contributed by atoms with Crippen LogP contribution in [0.5, 0.6) is 5.75 Å². The molecular weight excluding hydrogens is 340 g/mol. The highest BCUT2D eigenvalue weighted by atomic mass is 16.5. The Bertz CT molecular complexity index is 778. The molecule has 1 saturated heterocycles. The van der Waals surface area contributed by atoms with E-state index < -0.39 is 0 Å². The molecule has 1 atom stereocenters. The maximum Gasteiger partial charge on any atom is 0.193 e. The molecule has 1 heterocycles. The van der Waals surface area contributed by atoms with Crippen molar-refractivity contribution in [2.45, 2.75) is 13.0 Å². The minimum atomic E-state index is 0.443. The monoisotopic (exact) mass is 368 g/mol. The van der Waals surface area contributed by atoms with Gasteiger partial charge in [0.15, 0.2) is 5.96 Å². The Morgan fingerprint density at radius 3 is 2.89 bits per heavy atom. The Balaban J connectivity index is 1.55. The summed E-state index contributed by atoms with van der Waals surface area (Å²) in [5, 5.41) is 3.19. The van der Waals surface area contributed by atoms with Crippen molar-refractivity contribution < 1.29 is 9.47 Å². The molecule has 1 unspecified atom stereocenters. The first kappa shape index (κ1) is 19.0. The van der Waals surface area contributed by atoms with Gasteiger partial charge in [0.2, 0.25) is 0 Å². The smallest absolute Gasteiger partial charge is 0.193 e. The number of guanidine groups is 1. The number of hydrogen-bond acceptors (Lipinski definition) is 4. The third kappa shape index (κ3) is 5.14. The molecule has 1 aliphatic heterocycles. The number of benzene rings is 2. The second-order valence-corrected chi connectivity index (χ2v) is 6.74. The number of aliphatic imine (C=N–C) groups is 1. The number of hydrogen-bond donors (Lipinski definition) is 2. The molecular formula is C21H28N4O2. The number of nitrogens with one attached hydrogen (secondary N) is 1. The lowest BCUT2D eigenvalue weighted by Gasteiger charge is -2.19. The summed E-state index contributed by atoms with van der Waals surface area (Å²) in [6, 6.07) is 16.1. The molecule has 0 saturated carbocycles. The van der Waals surface area contributed by atoms with Crippen molar-refractivity contribution in [1.82, 2.24) is 0 Å². The van der Waals surface area contributed by atoms with Gasteiger partial charge < -0.3 is 25.4 Å². The molecule has 6 nitrogen and oxygen atoms in total. The molecule has 0 amide bonds. The summed E-state index contributed by atoms with van der Waals surface area (Å²) >= 11 is 0. The number of ether oxygens (including phenoxy) is 2. The van der Waals surface area contributed by atoms with Crippen molar-refractivity contribution in [2.24, 2.45) is 16.6 Å². The Morgan fingerprint density at radius 2 is 2.07 bits per heavy atom. The van der Waals surface area contributed by atoms with E-state index in [0.29, 0.717) is 25.0 Å². The van der Waals surface area contributed by atoms with Gasteiger partial charge in [0, 0.05) is 49.7 Å². The summed E-state index contributed by atoms with van der Waals surface area (Å²) in [6.45, 7) is 3.25. The van der Waals surface area contributed by atoms with E-state index in [1.54, 1.807) is 14.2 Å². The predicted octanol–water partition coefficient (Wildman–Crippen LogP) is 3.09. The van der Waals surface area contributed by atoms with Crippen LogP contribution in [-0.2, 0) is 11.3 Å². The highest BCUT2D eigenvalue weighted by Gasteiger charge is 2.22. The van der Waals surface area contributed by atoms with Crippen LogP contribution in [-0.4, -0.2) is 39.8 Å². The Morgan fingerprint density at radius 1 is 1.22 bits per heavy atom. The second kappa shape index (κ2) is 9.28. The van der Waals surface area contributed by atoms with Gasteiger partial charge in [-0.25, -0.2) is 0 Å². The topological polar surface area (TPSA) is 72.1 Å². The first-order chi connectivity index (χ1) is 13.2. The molecule has 27 heavy (non-hydrogen) atoms. The summed E-state index contributed by atoms with van der Waals surface area (Å²) < 4.78 is 10.5. The summed E-state index contributed by atoms with van der Waals surface area (Å²) in [6.07, 6.45) is 1.11. The standard InChI is InChI=1S/C21H28N4O2/c1-26-15-17-6-3-4-9-20(17)24-21(22)23-13-16-10-11-25(14-16)18-7-5-8-19(12-18)27-2/h3-9,12,16H,10-11,13-15H2,1-2H3,(H3,22,23,24). The van der Waals surface area contributed by atoms with Gasteiger partial charge in [-0.05, 0) is 30.5 Å².